The van der Waals surface area contributed by atoms with Gasteiger partial charge in [0, 0.05) is 12.6 Å². The summed E-state index contributed by atoms with van der Waals surface area (Å²) >= 11 is 0. The molecule has 0 fully saturated rings. The van der Waals surface area contributed by atoms with E-state index in [4.69, 9.17) is 9.47 Å². The Hall–Kier alpha value is -3.35. The van der Waals surface area contributed by atoms with Gasteiger partial charge in [-0.1, -0.05) is 12.1 Å². The van der Waals surface area contributed by atoms with Crippen molar-refractivity contribution in [3.8, 4) is 5.75 Å². The standard InChI is InChI=1S/C20H22N2O5/c1-13(16-5-4-6-18(11-16)26-3)21-19(24)12-27-20(25)15-7-9-17(10-8-15)22-14(2)23/h4-11,13H,12H2,1-3H3,(H,21,24)(H,22,23). The summed E-state index contributed by atoms with van der Waals surface area (Å²) in [6.07, 6.45) is 0. The van der Waals surface area contributed by atoms with Gasteiger partial charge in [0.2, 0.25) is 5.91 Å². The molecule has 0 aromatic heterocycles. The summed E-state index contributed by atoms with van der Waals surface area (Å²) in [5, 5.41) is 5.37. The molecule has 7 heteroatoms. The van der Waals surface area contributed by atoms with E-state index in [1.807, 2.05) is 31.2 Å². The van der Waals surface area contributed by atoms with Crippen LogP contribution in [0.3, 0.4) is 0 Å². The number of rotatable bonds is 7. The Kier molecular flexibility index (Phi) is 6.93. The molecular formula is C20H22N2O5. The Balaban J connectivity index is 1.85. The van der Waals surface area contributed by atoms with Gasteiger partial charge in [0.05, 0.1) is 18.7 Å². The van der Waals surface area contributed by atoms with Gasteiger partial charge in [0.25, 0.3) is 5.91 Å². The van der Waals surface area contributed by atoms with Crippen LogP contribution in [-0.2, 0) is 14.3 Å². The second-order valence-electron chi connectivity index (χ2n) is 5.90. The third-order valence-electron chi connectivity index (χ3n) is 3.75. The first-order valence-electron chi connectivity index (χ1n) is 8.37. The van der Waals surface area contributed by atoms with Gasteiger partial charge in [0.15, 0.2) is 6.61 Å². The smallest absolute Gasteiger partial charge is 0.338 e. The molecule has 142 valence electrons. The van der Waals surface area contributed by atoms with Crippen LogP contribution in [-0.4, -0.2) is 31.5 Å². The van der Waals surface area contributed by atoms with E-state index in [2.05, 4.69) is 10.6 Å². The lowest BCUT2D eigenvalue weighted by molar-refractivity contribution is -0.124. The molecule has 2 N–H and O–H groups in total. The minimum absolute atomic E-state index is 0.202. The molecule has 0 aliphatic heterocycles. The van der Waals surface area contributed by atoms with Gasteiger partial charge in [0.1, 0.15) is 5.75 Å². The molecule has 0 aliphatic carbocycles. The quantitative estimate of drug-likeness (QED) is 0.731. The number of benzene rings is 2. The van der Waals surface area contributed by atoms with Gasteiger partial charge in [-0.2, -0.15) is 0 Å². The highest BCUT2D eigenvalue weighted by molar-refractivity contribution is 5.93. The number of hydrogen-bond donors (Lipinski definition) is 2. The van der Waals surface area contributed by atoms with E-state index in [9.17, 15) is 14.4 Å². The van der Waals surface area contributed by atoms with Crippen LogP contribution in [0.1, 0.15) is 35.8 Å². The SMILES string of the molecule is COc1cccc(C(C)NC(=O)COC(=O)c2ccc(NC(C)=O)cc2)c1. The van der Waals surface area contributed by atoms with Gasteiger partial charge >= 0.3 is 5.97 Å². The van der Waals surface area contributed by atoms with E-state index >= 15 is 0 Å². The second kappa shape index (κ2) is 9.38. The number of ether oxygens (including phenoxy) is 2. The Morgan fingerprint density at radius 2 is 1.78 bits per heavy atom. The van der Waals surface area contributed by atoms with Crippen molar-refractivity contribution in [2.24, 2.45) is 0 Å². The lowest BCUT2D eigenvalue weighted by Gasteiger charge is -2.15. The van der Waals surface area contributed by atoms with Gasteiger partial charge in [-0.3, -0.25) is 9.59 Å². The van der Waals surface area contributed by atoms with Crippen molar-refractivity contribution in [1.29, 1.82) is 0 Å². The minimum Gasteiger partial charge on any atom is -0.497 e. The summed E-state index contributed by atoms with van der Waals surface area (Å²) in [5.41, 5.74) is 1.74. The van der Waals surface area contributed by atoms with Crippen molar-refractivity contribution in [3.05, 3.63) is 59.7 Å². The van der Waals surface area contributed by atoms with Crippen molar-refractivity contribution in [3.63, 3.8) is 0 Å². The van der Waals surface area contributed by atoms with Crippen LogP contribution in [0.15, 0.2) is 48.5 Å². The Morgan fingerprint density at radius 3 is 2.41 bits per heavy atom. The lowest BCUT2D eigenvalue weighted by Crippen LogP contribution is -2.31. The highest BCUT2D eigenvalue weighted by Crippen LogP contribution is 2.18. The van der Waals surface area contributed by atoms with Crippen molar-refractivity contribution in [1.82, 2.24) is 5.32 Å². The number of hydrogen-bond acceptors (Lipinski definition) is 5. The molecule has 1 unspecified atom stereocenters. The molecule has 0 aliphatic rings. The average Bonchev–Trinajstić information content (AvgIpc) is 2.66. The topological polar surface area (TPSA) is 93.7 Å². The first kappa shape index (κ1) is 20.0. The largest absolute Gasteiger partial charge is 0.497 e. The van der Waals surface area contributed by atoms with Crippen molar-refractivity contribution in [2.75, 3.05) is 19.0 Å². The van der Waals surface area contributed by atoms with Gasteiger partial charge in [-0.05, 0) is 48.9 Å². The normalized spacial score (nSPS) is 11.2. The highest BCUT2D eigenvalue weighted by Gasteiger charge is 2.13. The maximum atomic E-state index is 12.0. The maximum absolute atomic E-state index is 12.0. The van der Waals surface area contributed by atoms with E-state index in [1.165, 1.54) is 19.1 Å². The summed E-state index contributed by atoms with van der Waals surface area (Å²) < 4.78 is 10.2. The van der Waals surface area contributed by atoms with E-state index in [0.29, 0.717) is 11.4 Å². The van der Waals surface area contributed by atoms with Gasteiger partial charge in [-0.25, -0.2) is 4.79 Å². The molecule has 7 nitrogen and oxygen atoms in total. The lowest BCUT2D eigenvalue weighted by atomic mass is 10.1. The fourth-order valence-electron chi connectivity index (χ4n) is 2.38. The van der Waals surface area contributed by atoms with Crippen molar-refractivity contribution in [2.45, 2.75) is 19.9 Å². The Labute approximate surface area is 157 Å². The summed E-state index contributed by atoms with van der Waals surface area (Å²) in [6, 6.07) is 13.3. The average molecular weight is 370 g/mol. The first-order chi connectivity index (χ1) is 12.9. The number of esters is 1. The van der Waals surface area contributed by atoms with Gasteiger partial charge in [-0.15, -0.1) is 0 Å². The number of carbonyl (C=O) groups is 3. The maximum Gasteiger partial charge on any atom is 0.338 e. The predicted molar refractivity (Wildman–Crippen MR) is 101 cm³/mol. The predicted octanol–water partition coefficient (Wildman–Crippen LogP) is 2.69. The number of amides is 2. The van der Waals surface area contributed by atoms with Crippen LogP contribution >= 0.6 is 0 Å². The number of methoxy groups -OCH3 is 1. The minimum atomic E-state index is -0.617. The summed E-state index contributed by atoms with van der Waals surface area (Å²) in [7, 11) is 1.57. The zero-order chi connectivity index (χ0) is 19.8. The third-order valence-corrected chi connectivity index (χ3v) is 3.75. The third kappa shape index (κ3) is 6.14. The number of carbonyl (C=O) groups excluding carboxylic acids is 3. The molecule has 2 aromatic carbocycles. The second-order valence-corrected chi connectivity index (χ2v) is 5.90. The molecule has 1 atom stereocenters. The van der Waals surface area contributed by atoms with Crippen LogP contribution in [0.4, 0.5) is 5.69 Å². The van der Waals surface area contributed by atoms with Crippen LogP contribution in [0.5, 0.6) is 5.75 Å². The molecule has 0 spiro atoms. The highest BCUT2D eigenvalue weighted by atomic mass is 16.5. The molecule has 0 saturated carbocycles. The van der Waals surface area contributed by atoms with E-state index in [0.717, 1.165) is 5.56 Å². The summed E-state index contributed by atoms with van der Waals surface area (Å²) in [4.78, 5) is 35.0. The van der Waals surface area contributed by atoms with Crippen molar-refractivity contribution >= 4 is 23.5 Å². The Bertz CT molecular complexity index is 817. The zero-order valence-electron chi connectivity index (χ0n) is 15.4. The summed E-state index contributed by atoms with van der Waals surface area (Å²) in [6.45, 7) is 2.84. The van der Waals surface area contributed by atoms with E-state index in [1.54, 1.807) is 19.2 Å². The Morgan fingerprint density at radius 1 is 1.07 bits per heavy atom. The fourth-order valence-corrected chi connectivity index (χ4v) is 2.38. The van der Waals surface area contributed by atoms with Crippen molar-refractivity contribution < 1.29 is 23.9 Å². The molecule has 27 heavy (non-hydrogen) atoms. The molecule has 0 radical (unpaired) electrons. The summed E-state index contributed by atoms with van der Waals surface area (Å²) in [5.74, 6) is -0.531. The fraction of sp³-hybridized carbons (Fsp3) is 0.250. The van der Waals surface area contributed by atoms with E-state index in [-0.39, 0.29) is 24.1 Å². The molecule has 0 bridgehead atoms. The molecule has 2 aromatic rings. The molecule has 0 saturated heterocycles. The molecule has 2 amide bonds. The van der Waals surface area contributed by atoms with Crippen LogP contribution in [0.2, 0.25) is 0 Å². The van der Waals surface area contributed by atoms with Gasteiger partial charge < -0.3 is 20.1 Å². The van der Waals surface area contributed by atoms with Crippen LogP contribution in [0, 0.1) is 0 Å². The van der Waals surface area contributed by atoms with Crippen LogP contribution in [0.25, 0.3) is 0 Å². The zero-order valence-corrected chi connectivity index (χ0v) is 15.4. The molecular weight excluding hydrogens is 348 g/mol. The number of nitrogens with one attached hydrogen (secondary N) is 2. The van der Waals surface area contributed by atoms with E-state index < -0.39 is 11.9 Å². The number of anilines is 1. The molecule has 0 heterocycles. The molecule has 2 rings (SSSR count). The van der Waals surface area contributed by atoms with Crippen LogP contribution < -0.4 is 15.4 Å². The monoisotopic (exact) mass is 370 g/mol. The first-order valence-corrected chi connectivity index (χ1v) is 8.37.